The number of hydrogen-bond acceptors (Lipinski definition) is 9. The maximum atomic E-state index is 13.5. The molecule has 1 aliphatic heterocycles. The molecule has 2 N–H and O–H groups in total. The number of anilines is 3. The first-order chi connectivity index (χ1) is 20.7. The van der Waals surface area contributed by atoms with Gasteiger partial charge >= 0.3 is 6.09 Å². The minimum atomic E-state index is -2.58. The number of ether oxygens (including phenoxy) is 3. The topological polar surface area (TPSA) is 141 Å². The molecule has 3 fully saturated rings. The summed E-state index contributed by atoms with van der Waals surface area (Å²) >= 11 is 0. The van der Waals surface area contributed by atoms with E-state index in [-0.39, 0.29) is 40.1 Å². The summed E-state index contributed by atoms with van der Waals surface area (Å²) in [6, 6.07) is 4.53. The molecule has 2 unspecified atom stereocenters. The maximum absolute atomic E-state index is 13.5. The summed E-state index contributed by atoms with van der Waals surface area (Å²) < 4.78 is 41.3. The Morgan fingerprint density at radius 2 is 2.02 bits per heavy atom. The van der Waals surface area contributed by atoms with E-state index in [9.17, 15) is 14.4 Å². The fourth-order valence-corrected chi connectivity index (χ4v) is 5.46. The highest BCUT2D eigenvalue weighted by Gasteiger charge is 2.55. The van der Waals surface area contributed by atoms with Crippen LogP contribution < -0.4 is 21.1 Å². The van der Waals surface area contributed by atoms with Crippen molar-refractivity contribution in [3.8, 4) is 0 Å². The van der Waals surface area contributed by atoms with Gasteiger partial charge in [-0.05, 0) is 45.7 Å². The first-order valence-corrected chi connectivity index (χ1v) is 13.6. The van der Waals surface area contributed by atoms with E-state index >= 15 is 0 Å². The van der Waals surface area contributed by atoms with E-state index in [1.807, 2.05) is 0 Å². The van der Waals surface area contributed by atoms with Crippen molar-refractivity contribution in [3.63, 3.8) is 0 Å². The maximum Gasteiger partial charge on any atom is 0.415 e. The van der Waals surface area contributed by atoms with E-state index in [1.54, 1.807) is 43.7 Å². The summed E-state index contributed by atoms with van der Waals surface area (Å²) in [6.07, 6.45) is 2.81. The van der Waals surface area contributed by atoms with Crippen molar-refractivity contribution in [1.82, 2.24) is 24.5 Å². The number of fused-ring (bicyclic) bond motifs is 2. The van der Waals surface area contributed by atoms with Crippen molar-refractivity contribution in [2.75, 3.05) is 37.5 Å². The van der Waals surface area contributed by atoms with Gasteiger partial charge < -0.3 is 29.4 Å². The Morgan fingerprint density at radius 1 is 1.24 bits per heavy atom. The standard InChI is InChI=1S/C28H35N7O6/c1-28(2,3)41-27(38)33(4)22-11-21(30-19-7-6-10-34(26(19)37)23-16-13-40-14-17(16)23)32-24-15(12-29-35(22)24)25(36)31-18-8-9-20(18)39-5/h6-7,10-12,16-18,20,23H,8-9,13-14H2,1-5H3,(H,30,32)(H,31,36)/t16-,17+,18?,20-,23?/m0/s1/i5D3. The Hall–Kier alpha value is -3.97. The molecule has 0 spiro atoms. The van der Waals surface area contributed by atoms with Gasteiger partial charge in [-0.25, -0.2) is 9.78 Å². The number of pyridine rings is 1. The van der Waals surface area contributed by atoms with Gasteiger partial charge in [0.1, 0.15) is 28.5 Å². The van der Waals surface area contributed by atoms with Gasteiger partial charge in [0.25, 0.3) is 11.5 Å². The number of methoxy groups -OCH3 is 1. The molecule has 3 aromatic heterocycles. The van der Waals surface area contributed by atoms with E-state index in [4.69, 9.17) is 18.3 Å². The Labute approximate surface area is 241 Å². The van der Waals surface area contributed by atoms with E-state index in [0.717, 1.165) is 0 Å². The number of nitrogens with zero attached hydrogens (tertiary/aromatic N) is 5. The molecule has 2 amide bonds. The van der Waals surface area contributed by atoms with Crippen LogP contribution in [0.5, 0.6) is 0 Å². The number of carbonyl (C=O) groups excluding carboxylic acids is 2. The summed E-state index contributed by atoms with van der Waals surface area (Å²) in [5, 5.41) is 10.2. The van der Waals surface area contributed by atoms with Crippen LogP contribution in [0.3, 0.4) is 0 Å². The van der Waals surface area contributed by atoms with Gasteiger partial charge in [-0.3, -0.25) is 14.5 Å². The Kier molecular flexibility index (Phi) is 5.86. The highest BCUT2D eigenvalue weighted by Crippen LogP contribution is 2.53. The second-order valence-electron chi connectivity index (χ2n) is 11.8. The molecule has 0 radical (unpaired) electrons. The van der Waals surface area contributed by atoms with Crippen LogP contribution in [0.2, 0.25) is 0 Å². The van der Waals surface area contributed by atoms with Crippen molar-refractivity contribution < 1.29 is 27.9 Å². The minimum absolute atomic E-state index is 0.0806. The van der Waals surface area contributed by atoms with Crippen LogP contribution in [0.25, 0.3) is 5.65 Å². The van der Waals surface area contributed by atoms with Crippen LogP contribution in [0.4, 0.5) is 22.1 Å². The predicted molar refractivity (Wildman–Crippen MR) is 150 cm³/mol. The largest absolute Gasteiger partial charge is 0.443 e. The normalized spacial score (nSPS) is 26.2. The molecule has 3 aromatic rings. The van der Waals surface area contributed by atoms with Gasteiger partial charge in [0.05, 0.1) is 35.7 Å². The average Bonchev–Trinajstić information content (AvgIpc) is 3.24. The van der Waals surface area contributed by atoms with Gasteiger partial charge in [0.15, 0.2) is 5.65 Å². The number of rotatable bonds is 7. The number of hydrogen-bond donors (Lipinski definition) is 2. The van der Waals surface area contributed by atoms with Crippen molar-refractivity contribution in [1.29, 1.82) is 0 Å². The molecule has 0 bridgehead atoms. The lowest BCUT2D eigenvalue weighted by Gasteiger charge is -2.35. The number of carbonyl (C=O) groups is 2. The van der Waals surface area contributed by atoms with Crippen LogP contribution >= 0.6 is 0 Å². The Balaban J connectivity index is 1.33. The predicted octanol–water partition coefficient (Wildman–Crippen LogP) is 2.73. The SMILES string of the molecule is [2H]C([2H])([2H])O[C@H]1CCC1NC(=O)c1cnn2c(N(C)C(=O)OC(C)(C)C)cc(Nc3cccn(C4[C@H]5COC[C@@H]45)c3=O)nc12. The van der Waals surface area contributed by atoms with Crippen molar-refractivity contribution in [3.05, 3.63) is 46.5 Å². The van der Waals surface area contributed by atoms with Crippen LogP contribution in [0.1, 0.15) is 54.1 Å². The van der Waals surface area contributed by atoms with Crippen molar-refractivity contribution >= 4 is 35.0 Å². The lowest BCUT2D eigenvalue weighted by molar-refractivity contribution is 0.00732. The van der Waals surface area contributed by atoms with Crippen LogP contribution in [0, 0.1) is 11.8 Å². The highest BCUT2D eigenvalue weighted by molar-refractivity contribution is 6.00. The lowest BCUT2D eigenvalue weighted by atomic mass is 9.89. The summed E-state index contributed by atoms with van der Waals surface area (Å²) in [7, 11) is -1.08. The van der Waals surface area contributed by atoms with E-state index in [2.05, 4.69) is 20.7 Å². The molecule has 2 saturated carbocycles. The summed E-state index contributed by atoms with van der Waals surface area (Å²) in [4.78, 5) is 45.7. The molecular formula is C28H35N7O6. The average molecular weight is 569 g/mol. The second kappa shape index (κ2) is 10.1. The number of aromatic nitrogens is 4. The molecule has 4 heterocycles. The molecule has 41 heavy (non-hydrogen) atoms. The summed E-state index contributed by atoms with van der Waals surface area (Å²) in [5.41, 5.74) is -0.539. The number of nitrogens with one attached hydrogen (secondary N) is 2. The summed E-state index contributed by atoms with van der Waals surface area (Å²) in [6.45, 7) is 6.50. The van der Waals surface area contributed by atoms with Crippen molar-refractivity contribution in [2.24, 2.45) is 11.8 Å². The van der Waals surface area contributed by atoms with Crippen LogP contribution in [0.15, 0.2) is 35.4 Å². The Bertz CT molecular complexity index is 1660. The molecule has 0 aromatic carbocycles. The molecule has 6 rings (SSSR count). The molecule has 2 aliphatic carbocycles. The van der Waals surface area contributed by atoms with Gasteiger partial charge in [0.2, 0.25) is 0 Å². The third kappa shape index (κ3) is 5.04. The van der Waals surface area contributed by atoms with E-state index in [0.29, 0.717) is 37.9 Å². The molecule has 3 aliphatic rings. The fourth-order valence-electron chi connectivity index (χ4n) is 5.46. The molecule has 13 nitrogen and oxygen atoms in total. The monoisotopic (exact) mass is 568 g/mol. The Morgan fingerprint density at radius 3 is 2.71 bits per heavy atom. The van der Waals surface area contributed by atoms with Crippen molar-refractivity contribution in [2.45, 2.75) is 57.4 Å². The lowest BCUT2D eigenvalue weighted by Crippen LogP contribution is -2.51. The van der Waals surface area contributed by atoms with Crippen LogP contribution in [-0.2, 0) is 14.2 Å². The molecule has 5 atom stereocenters. The number of amides is 2. The van der Waals surface area contributed by atoms with Gasteiger partial charge in [-0.1, -0.05) is 0 Å². The van der Waals surface area contributed by atoms with Gasteiger partial charge in [-0.15, -0.1) is 0 Å². The molecule has 1 saturated heterocycles. The zero-order valence-electron chi connectivity index (χ0n) is 26.3. The fraction of sp³-hybridized carbons (Fsp3) is 0.536. The first-order valence-electron chi connectivity index (χ1n) is 15.1. The van der Waals surface area contributed by atoms with Gasteiger partial charge in [0, 0.05) is 44.2 Å². The molecule has 218 valence electrons. The quantitative estimate of drug-likeness (QED) is 0.440. The second-order valence-corrected chi connectivity index (χ2v) is 11.8. The minimum Gasteiger partial charge on any atom is -0.443 e. The zero-order valence-corrected chi connectivity index (χ0v) is 23.3. The van der Waals surface area contributed by atoms with E-state index < -0.39 is 36.8 Å². The van der Waals surface area contributed by atoms with Crippen LogP contribution in [-0.4, -0.2) is 76.2 Å². The zero-order chi connectivity index (χ0) is 31.6. The van der Waals surface area contributed by atoms with Gasteiger partial charge in [-0.2, -0.15) is 9.61 Å². The molecular weight excluding hydrogens is 530 g/mol. The first kappa shape index (κ1) is 23.7. The molecule has 13 heteroatoms. The van der Waals surface area contributed by atoms with E-state index in [1.165, 1.54) is 28.7 Å². The highest BCUT2D eigenvalue weighted by atomic mass is 16.6. The third-order valence-electron chi connectivity index (χ3n) is 7.85. The third-order valence-corrected chi connectivity index (χ3v) is 7.85. The smallest absolute Gasteiger partial charge is 0.415 e. The summed E-state index contributed by atoms with van der Waals surface area (Å²) in [5.74, 6) is 0.519.